The number of carbonyl (C=O) groups excluding carboxylic acids is 2. The highest BCUT2D eigenvalue weighted by Crippen LogP contribution is 2.48. The van der Waals surface area contributed by atoms with Crippen LogP contribution in [0.25, 0.3) is 0 Å². The van der Waals surface area contributed by atoms with Gasteiger partial charge in [0.25, 0.3) is 5.91 Å². The Morgan fingerprint density at radius 3 is 2.55 bits per heavy atom. The van der Waals surface area contributed by atoms with Crippen LogP contribution in [0.3, 0.4) is 0 Å². The molecule has 6 nitrogen and oxygen atoms in total. The molecule has 2 amide bonds. The first-order valence-corrected chi connectivity index (χ1v) is 10.9. The van der Waals surface area contributed by atoms with Crippen LogP contribution in [0.1, 0.15) is 58.8 Å². The van der Waals surface area contributed by atoms with Gasteiger partial charge in [0.2, 0.25) is 5.91 Å². The van der Waals surface area contributed by atoms with E-state index in [2.05, 4.69) is 6.92 Å². The number of hydrogen-bond donors (Lipinski definition) is 0. The van der Waals surface area contributed by atoms with Crippen molar-refractivity contribution in [3.8, 4) is 11.5 Å². The molecule has 2 heterocycles. The maximum Gasteiger partial charge on any atom is 0.254 e. The second-order valence-electron chi connectivity index (χ2n) is 8.28. The summed E-state index contributed by atoms with van der Waals surface area (Å²) in [5.74, 6) is 0.861. The fourth-order valence-corrected chi connectivity index (χ4v) is 4.86. The molecule has 2 aliphatic heterocycles. The predicted octanol–water partition coefficient (Wildman–Crippen LogP) is 3.80. The molecule has 6 heteroatoms. The summed E-state index contributed by atoms with van der Waals surface area (Å²) in [6.07, 6.45) is 2.69. The molecule has 0 unspecified atom stereocenters. The van der Waals surface area contributed by atoms with Gasteiger partial charge in [-0.25, -0.2) is 0 Å². The van der Waals surface area contributed by atoms with E-state index in [1.54, 1.807) is 14.2 Å². The number of hydrogen-bond acceptors (Lipinski definition) is 4. The van der Waals surface area contributed by atoms with Crippen LogP contribution >= 0.6 is 0 Å². The number of unbranched alkanes of at least 4 members (excludes halogenated alkanes) is 1. The molecule has 4 rings (SSSR count). The molecule has 2 aromatic carbocycles. The number of ether oxygens (including phenoxy) is 2. The number of carbonyl (C=O) groups is 2. The van der Waals surface area contributed by atoms with Crippen molar-refractivity contribution >= 4 is 11.8 Å². The predicted molar refractivity (Wildman–Crippen MR) is 119 cm³/mol. The fourth-order valence-electron chi connectivity index (χ4n) is 4.86. The third kappa shape index (κ3) is 3.54. The lowest BCUT2D eigenvalue weighted by molar-refractivity contribution is -0.133. The number of benzene rings is 2. The summed E-state index contributed by atoms with van der Waals surface area (Å²) in [4.78, 5) is 30.8. The molecule has 0 aliphatic carbocycles. The van der Waals surface area contributed by atoms with Crippen molar-refractivity contribution in [2.45, 2.75) is 38.1 Å². The van der Waals surface area contributed by atoms with Gasteiger partial charge in [0.1, 0.15) is 0 Å². The van der Waals surface area contributed by atoms with E-state index in [1.165, 1.54) is 0 Å². The molecule has 2 atom stereocenters. The van der Waals surface area contributed by atoms with E-state index in [4.69, 9.17) is 9.47 Å². The molecule has 0 N–H and O–H groups in total. The number of rotatable bonds is 6. The van der Waals surface area contributed by atoms with Gasteiger partial charge in [-0.05, 0) is 47.7 Å². The Morgan fingerprint density at radius 1 is 1.13 bits per heavy atom. The van der Waals surface area contributed by atoms with Crippen molar-refractivity contribution in [1.82, 2.24) is 9.80 Å². The first kappa shape index (κ1) is 21.2. The van der Waals surface area contributed by atoms with Gasteiger partial charge in [0.15, 0.2) is 11.5 Å². The SMILES string of the molecule is CCCCN(C)C(=O)[C@H]1c2ccccc2C(=O)N2CCc3cc(OC)c(OC)cc3[C@@H]12. The second-order valence-corrected chi connectivity index (χ2v) is 8.28. The summed E-state index contributed by atoms with van der Waals surface area (Å²) in [5, 5.41) is 0. The van der Waals surface area contributed by atoms with Crippen LogP contribution in [0.5, 0.6) is 11.5 Å². The summed E-state index contributed by atoms with van der Waals surface area (Å²) in [5.41, 5.74) is 3.50. The third-order valence-electron chi connectivity index (χ3n) is 6.51. The minimum absolute atomic E-state index is 0.0127. The summed E-state index contributed by atoms with van der Waals surface area (Å²) in [7, 11) is 5.09. The van der Waals surface area contributed by atoms with Crippen LogP contribution in [-0.4, -0.2) is 56.0 Å². The lowest BCUT2D eigenvalue weighted by Crippen LogP contribution is -2.50. The van der Waals surface area contributed by atoms with E-state index in [1.807, 2.05) is 53.2 Å². The molecule has 2 aromatic rings. The van der Waals surface area contributed by atoms with Crippen LogP contribution in [-0.2, 0) is 11.2 Å². The number of nitrogens with zero attached hydrogens (tertiary/aromatic N) is 2. The first-order valence-electron chi connectivity index (χ1n) is 10.9. The van der Waals surface area contributed by atoms with Gasteiger partial charge in [0.05, 0.1) is 26.2 Å². The summed E-state index contributed by atoms with van der Waals surface area (Å²) in [6, 6.07) is 11.1. The molecule has 0 radical (unpaired) electrons. The minimum Gasteiger partial charge on any atom is -0.493 e. The lowest BCUT2D eigenvalue weighted by atomic mass is 9.75. The summed E-state index contributed by atoms with van der Waals surface area (Å²) in [6.45, 7) is 3.39. The maximum absolute atomic E-state index is 13.7. The summed E-state index contributed by atoms with van der Waals surface area (Å²) >= 11 is 0. The molecule has 31 heavy (non-hydrogen) atoms. The zero-order chi connectivity index (χ0) is 22.1. The minimum atomic E-state index is -0.451. The number of amides is 2. The highest BCUT2D eigenvalue weighted by atomic mass is 16.5. The van der Waals surface area contributed by atoms with Gasteiger partial charge in [-0.1, -0.05) is 31.5 Å². The molecule has 164 valence electrons. The standard InChI is InChI=1S/C25H30N2O4/c1-5-6-12-26(2)25(29)22-17-9-7-8-10-18(17)24(28)27-13-11-16-14-20(30-3)21(31-4)15-19(16)23(22)27/h7-10,14-15,22-23H,5-6,11-13H2,1-4H3/t22-,23-/m0/s1. The highest BCUT2D eigenvalue weighted by Gasteiger charge is 2.47. The van der Waals surface area contributed by atoms with Crippen LogP contribution < -0.4 is 9.47 Å². The van der Waals surface area contributed by atoms with Crippen LogP contribution in [0.4, 0.5) is 0 Å². The van der Waals surface area contributed by atoms with E-state index in [9.17, 15) is 9.59 Å². The van der Waals surface area contributed by atoms with Crippen molar-refractivity contribution in [3.05, 3.63) is 58.7 Å². The maximum atomic E-state index is 13.7. The Labute approximate surface area is 183 Å². The summed E-state index contributed by atoms with van der Waals surface area (Å²) < 4.78 is 11.0. The quantitative estimate of drug-likeness (QED) is 0.711. The zero-order valence-corrected chi connectivity index (χ0v) is 18.7. The average Bonchev–Trinajstić information content (AvgIpc) is 2.81. The molecular weight excluding hydrogens is 392 g/mol. The fraction of sp³-hybridized carbons (Fsp3) is 0.440. The molecule has 0 aromatic heterocycles. The molecular formula is C25H30N2O4. The van der Waals surface area contributed by atoms with E-state index < -0.39 is 5.92 Å². The van der Waals surface area contributed by atoms with Crippen molar-refractivity contribution in [2.75, 3.05) is 34.4 Å². The first-order chi connectivity index (χ1) is 15.0. The lowest BCUT2D eigenvalue weighted by Gasteiger charge is -2.46. The van der Waals surface area contributed by atoms with E-state index in [0.717, 1.165) is 29.5 Å². The van der Waals surface area contributed by atoms with Crippen molar-refractivity contribution < 1.29 is 19.1 Å². The van der Waals surface area contributed by atoms with E-state index in [-0.39, 0.29) is 17.9 Å². The van der Waals surface area contributed by atoms with Gasteiger partial charge in [0, 0.05) is 25.7 Å². The Hall–Kier alpha value is -3.02. The highest BCUT2D eigenvalue weighted by molar-refractivity contribution is 6.01. The molecule has 0 bridgehead atoms. The van der Waals surface area contributed by atoms with E-state index in [0.29, 0.717) is 36.6 Å². The van der Waals surface area contributed by atoms with Gasteiger partial charge >= 0.3 is 0 Å². The molecule has 0 saturated heterocycles. The third-order valence-corrected chi connectivity index (χ3v) is 6.51. The van der Waals surface area contributed by atoms with Crippen LogP contribution in [0, 0.1) is 0 Å². The largest absolute Gasteiger partial charge is 0.493 e. The Kier molecular flexibility index (Phi) is 5.90. The van der Waals surface area contributed by atoms with E-state index >= 15 is 0 Å². The van der Waals surface area contributed by atoms with Crippen molar-refractivity contribution in [2.24, 2.45) is 0 Å². The van der Waals surface area contributed by atoms with Crippen molar-refractivity contribution in [1.29, 1.82) is 0 Å². The topological polar surface area (TPSA) is 59.1 Å². The monoisotopic (exact) mass is 422 g/mol. The van der Waals surface area contributed by atoms with Gasteiger partial charge in [-0.15, -0.1) is 0 Å². The van der Waals surface area contributed by atoms with Crippen LogP contribution in [0.2, 0.25) is 0 Å². The van der Waals surface area contributed by atoms with Gasteiger partial charge in [-0.3, -0.25) is 9.59 Å². The number of likely N-dealkylation sites (N-methyl/N-ethyl adjacent to an activating group) is 1. The second kappa shape index (κ2) is 8.61. The molecule has 2 aliphatic rings. The molecule has 0 fully saturated rings. The number of fused-ring (bicyclic) bond motifs is 4. The molecule has 0 spiro atoms. The Balaban J connectivity index is 1.87. The normalized spacial score (nSPS) is 19.2. The number of methoxy groups -OCH3 is 2. The molecule has 0 saturated carbocycles. The Morgan fingerprint density at radius 2 is 1.84 bits per heavy atom. The smallest absolute Gasteiger partial charge is 0.254 e. The average molecular weight is 423 g/mol. The van der Waals surface area contributed by atoms with Gasteiger partial charge in [-0.2, -0.15) is 0 Å². The van der Waals surface area contributed by atoms with Gasteiger partial charge < -0.3 is 19.3 Å². The van der Waals surface area contributed by atoms with Crippen molar-refractivity contribution in [3.63, 3.8) is 0 Å². The Bertz CT molecular complexity index is 1000. The van der Waals surface area contributed by atoms with Crippen LogP contribution in [0.15, 0.2) is 36.4 Å². The zero-order valence-electron chi connectivity index (χ0n) is 18.7.